The van der Waals surface area contributed by atoms with Crippen LogP contribution in [0, 0.1) is 0 Å². The molecule has 0 aliphatic heterocycles. The monoisotopic (exact) mass is 393 g/mol. The van der Waals surface area contributed by atoms with Crippen molar-refractivity contribution in [3.05, 3.63) is 24.5 Å². The summed E-state index contributed by atoms with van der Waals surface area (Å²) in [7, 11) is 0. The quantitative estimate of drug-likeness (QED) is 0.214. The van der Waals surface area contributed by atoms with Crippen molar-refractivity contribution in [3.8, 4) is 0 Å². The van der Waals surface area contributed by atoms with Gasteiger partial charge in [0.1, 0.15) is 0 Å². The van der Waals surface area contributed by atoms with Gasteiger partial charge in [0, 0.05) is 12.4 Å². The van der Waals surface area contributed by atoms with Crippen molar-refractivity contribution in [2.75, 3.05) is 0 Å². The molecular weight excluding hydrogens is 357 g/mol. The fourth-order valence-electron chi connectivity index (χ4n) is 3.26. The molecule has 0 unspecified atom stereocenters. The lowest BCUT2D eigenvalue weighted by Crippen LogP contribution is -2.22. The fourth-order valence-corrected chi connectivity index (χ4v) is 3.89. The van der Waals surface area contributed by atoms with Crippen LogP contribution in [0.3, 0.4) is 0 Å². The van der Waals surface area contributed by atoms with Crippen molar-refractivity contribution < 1.29 is 0 Å². The topological polar surface area (TPSA) is 12.9 Å². The van der Waals surface area contributed by atoms with Gasteiger partial charge in [-0.3, -0.25) is 4.98 Å². The lowest BCUT2D eigenvalue weighted by molar-refractivity contribution is 0.538. The molecule has 0 saturated carbocycles. The number of hydrogen-bond acceptors (Lipinski definition) is 1. The molecule has 0 saturated heterocycles. The van der Waals surface area contributed by atoms with Crippen molar-refractivity contribution in [2.45, 2.75) is 103 Å². The highest BCUT2D eigenvalue weighted by Gasteiger charge is 2.11. The zero-order chi connectivity index (χ0) is 17.3. The van der Waals surface area contributed by atoms with Crippen molar-refractivity contribution in [2.24, 2.45) is 0 Å². The smallest absolute Gasteiger partial charge is 0.255 e. The van der Waals surface area contributed by atoms with Crippen LogP contribution in [-0.2, 0) is 0 Å². The van der Waals surface area contributed by atoms with Gasteiger partial charge in [-0.2, -0.15) is 0 Å². The van der Waals surface area contributed by atoms with Crippen LogP contribution in [0.2, 0.25) is 6.32 Å². The summed E-state index contributed by atoms with van der Waals surface area (Å²) < 4.78 is 0. The fraction of sp³-hybridized carbons (Fsp3) is 0.762. The van der Waals surface area contributed by atoms with E-state index in [9.17, 15) is 0 Å². The third-order valence-corrected chi connectivity index (χ3v) is 5.87. The van der Waals surface area contributed by atoms with Crippen LogP contribution in [0.5, 0.6) is 0 Å². The van der Waals surface area contributed by atoms with Crippen LogP contribution in [-0.4, -0.2) is 10.5 Å². The van der Waals surface area contributed by atoms with Gasteiger partial charge in [-0.25, -0.2) is 0 Å². The van der Waals surface area contributed by atoms with Gasteiger partial charge >= 0.3 is 0 Å². The maximum atomic E-state index is 4.08. The molecule has 3 heteroatoms. The van der Waals surface area contributed by atoms with Crippen molar-refractivity contribution >= 4 is 26.8 Å². The van der Waals surface area contributed by atoms with Crippen LogP contribution >= 0.6 is 15.8 Å². The molecule has 1 heterocycles. The van der Waals surface area contributed by atoms with E-state index in [1.54, 1.807) is 0 Å². The van der Waals surface area contributed by atoms with Crippen molar-refractivity contribution in [1.29, 1.82) is 0 Å². The first-order valence-corrected chi connectivity index (χ1v) is 11.3. The Balaban J connectivity index is 1.79. The third kappa shape index (κ3) is 12.1. The number of hydrogen-bond donors (Lipinski definition) is 0. The molecule has 0 aromatic carbocycles. The molecule has 1 aromatic heterocycles. The molecule has 1 nitrogen and oxygen atoms in total. The number of rotatable bonds is 16. The number of halogens is 1. The molecule has 0 fully saturated rings. The van der Waals surface area contributed by atoms with Crippen LogP contribution in [0.1, 0.15) is 96.8 Å². The van der Waals surface area contributed by atoms with Gasteiger partial charge in [-0.15, -0.1) is 15.8 Å². The maximum Gasteiger partial charge on any atom is 0.255 e. The van der Waals surface area contributed by atoms with Gasteiger partial charge in [0.05, 0.1) is 0 Å². The first kappa shape index (κ1) is 21.7. The van der Waals surface area contributed by atoms with Gasteiger partial charge in [0.15, 0.2) is 0 Å². The SMILES string of the molecule is CCCCCCCCCCCCCCCCB(Br)c1ccncc1. The predicted molar refractivity (Wildman–Crippen MR) is 114 cm³/mol. The van der Waals surface area contributed by atoms with Gasteiger partial charge < -0.3 is 0 Å². The number of unbranched alkanes of at least 4 members (excludes halogenated alkanes) is 13. The second-order valence-electron chi connectivity index (χ2n) is 7.13. The molecule has 0 atom stereocenters. The Morgan fingerprint density at radius 1 is 0.708 bits per heavy atom. The molecule has 0 N–H and O–H groups in total. The molecule has 0 bridgehead atoms. The third-order valence-electron chi connectivity index (χ3n) is 4.88. The van der Waals surface area contributed by atoms with E-state index in [2.05, 4.69) is 39.8 Å². The Bertz CT molecular complexity index is 371. The minimum atomic E-state index is 0.498. The summed E-state index contributed by atoms with van der Waals surface area (Å²) >= 11 is 3.80. The molecule has 0 aliphatic carbocycles. The highest BCUT2D eigenvalue weighted by molar-refractivity contribution is 9.25. The van der Waals surface area contributed by atoms with Gasteiger partial charge in [-0.05, 0) is 12.1 Å². The average molecular weight is 394 g/mol. The zero-order valence-electron chi connectivity index (χ0n) is 15.8. The first-order valence-electron chi connectivity index (χ1n) is 10.4. The second-order valence-corrected chi connectivity index (χ2v) is 8.24. The minimum absolute atomic E-state index is 0.498. The first-order chi connectivity index (χ1) is 11.8. The van der Waals surface area contributed by atoms with Crippen LogP contribution in [0.25, 0.3) is 0 Å². The average Bonchev–Trinajstić information content (AvgIpc) is 2.62. The molecule has 0 spiro atoms. The summed E-state index contributed by atoms with van der Waals surface area (Å²) in [4.78, 5) is 4.08. The molecule has 0 amide bonds. The summed E-state index contributed by atoms with van der Waals surface area (Å²) in [5, 5.41) is 0. The molecule has 0 aliphatic rings. The molecule has 136 valence electrons. The van der Waals surface area contributed by atoms with E-state index in [0.29, 0.717) is 5.54 Å². The highest BCUT2D eigenvalue weighted by Crippen LogP contribution is 2.14. The van der Waals surface area contributed by atoms with E-state index < -0.39 is 0 Å². The summed E-state index contributed by atoms with van der Waals surface area (Å²) in [6, 6.07) is 4.23. The van der Waals surface area contributed by atoms with Crippen LogP contribution < -0.4 is 5.46 Å². The van der Waals surface area contributed by atoms with Gasteiger partial charge in [0.2, 0.25) is 0 Å². The number of aromatic nitrogens is 1. The van der Waals surface area contributed by atoms with Crippen molar-refractivity contribution in [1.82, 2.24) is 4.98 Å². The summed E-state index contributed by atoms with van der Waals surface area (Å²) in [5.74, 6) is 0. The zero-order valence-corrected chi connectivity index (χ0v) is 17.4. The van der Waals surface area contributed by atoms with E-state index in [-0.39, 0.29) is 0 Å². The van der Waals surface area contributed by atoms with E-state index in [4.69, 9.17) is 0 Å². The van der Waals surface area contributed by atoms with Crippen LogP contribution in [0.4, 0.5) is 0 Å². The second kappa shape index (κ2) is 16.2. The minimum Gasteiger partial charge on any atom is -0.265 e. The lowest BCUT2D eigenvalue weighted by Gasteiger charge is -2.06. The Morgan fingerprint density at radius 2 is 1.12 bits per heavy atom. The van der Waals surface area contributed by atoms with E-state index in [1.165, 1.54) is 102 Å². The van der Waals surface area contributed by atoms with E-state index in [0.717, 1.165) is 0 Å². The highest BCUT2D eigenvalue weighted by atomic mass is 79.9. The maximum absolute atomic E-state index is 4.08. The van der Waals surface area contributed by atoms with E-state index >= 15 is 0 Å². The number of nitrogens with zero attached hydrogens (tertiary/aromatic N) is 1. The molecule has 1 aromatic rings. The molecule has 0 radical (unpaired) electrons. The standard InChI is InChI=1S/C21H37BBrN/c1-2-3-4-5-6-7-8-9-10-11-12-13-14-15-18-22(23)21-16-19-24-20-17-21/h16-17,19-20H,2-15,18H2,1H3. The molecule has 1 rings (SSSR count). The Labute approximate surface area is 159 Å². The summed E-state index contributed by atoms with van der Waals surface area (Å²) in [6.07, 6.45) is 25.0. The van der Waals surface area contributed by atoms with E-state index in [1.807, 2.05) is 12.4 Å². The lowest BCUT2D eigenvalue weighted by atomic mass is 9.66. The Hall–Kier alpha value is -0.305. The largest absolute Gasteiger partial charge is 0.265 e. The Kier molecular flexibility index (Phi) is 14.7. The predicted octanol–water partition coefficient (Wildman–Crippen LogP) is 7.16. The van der Waals surface area contributed by atoms with Gasteiger partial charge in [-0.1, -0.05) is 109 Å². The summed E-state index contributed by atoms with van der Waals surface area (Å²) in [5.41, 5.74) is 1.86. The van der Waals surface area contributed by atoms with Crippen LogP contribution in [0.15, 0.2) is 24.5 Å². The molecular formula is C21H37BBrN. The summed E-state index contributed by atoms with van der Waals surface area (Å²) in [6.45, 7) is 2.29. The van der Waals surface area contributed by atoms with Gasteiger partial charge in [0.25, 0.3) is 5.54 Å². The number of pyridine rings is 1. The molecule has 24 heavy (non-hydrogen) atoms. The normalized spacial score (nSPS) is 10.9. The van der Waals surface area contributed by atoms with Crippen molar-refractivity contribution in [3.63, 3.8) is 0 Å². The Morgan fingerprint density at radius 3 is 1.58 bits per heavy atom.